The molecule has 3 N–H and O–H groups in total. The van der Waals surface area contributed by atoms with Gasteiger partial charge in [0.15, 0.2) is 11.8 Å². The van der Waals surface area contributed by atoms with Gasteiger partial charge >= 0.3 is 5.97 Å². The maximum atomic E-state index is 13.2. The molecule has 1 aromatic carbocycles. The highest BCUT2D eigenvalue weighted by atomic mass is 35.5. The number of aromatic carboxylic acids is 1. The molecule has 0 fully saturated rings. The minimum atomic E-state index is -1.27. The van der Waals surface area contributed by atoms with E-state index in [2.05, 4.69) is 9.97 Å². The number of carboxylic acid groups (broad SMARTS) is 1. The summed E-state index contributed by atoms with van der Waals surface area (Å²) < 4.78 is 11.7. The van der Waals surface area contributed by atoms with Crippen LogP contribution in [-0.4, -0.2) is 52.4 Å². The lowest BCUT2D eigenvalue weighted by atomic mass is 9.90. The second-order valence-electron chi connectivity index (χ2n) is 9.99. The predicted molar refractivity (Wildman–Crippen MR) is 151 cm³/mol. The predicted octanol–water partition coefficient (Wildman–Crippen LogP) is 3.71. The first kappa shape index (κ1) is 31.1. The van der Waals surface area contributed by atoms with E-state index in [0.717, 1.165) is 6.26 Å². The Morgan fingerprint density at radius 1 is 1.15 bits per heavy atom. The number of primary amides is 1. The van der Waals surface area contributed by atoms with Gasteiger partial charge in [-0.15, -0.1) is 12.4 Å². The first-order valence-electron chi connectivity index (χ1n) is 12.7. The van der Waals surface area contributed by atoms with Crippen molar-refractivity contribution in [2.75, 3.05) is 23.4 Å². The van der Waals surface area contributed by atoms with Crippen LogP contribution >= 0.6 is 12.4 Å². The summed E-state index contributed by atoms with van der Waals surface area (Å²) in [5, 5.41) is 9.33. The van der Waals surface area contributed by atoms with Crippen molar-refractivity contribution >= 4 is 47.5 Å². The largest absolute Gasteiger partial charge is 0.481 e. The average Bonchev–Trinajstić information content (AvgIpc) is 3.42. The summed E-state index contributed by atoms with van der Waals surface area (Å²) in [6.45, 7) is 5.37. The highest BCUT2D eigenvalue weighted by Gasteiger charge is 2.45. The van der Waals surface area contributed by atoms with Gasteiger partial charge in [-0.25, -0.2) is 9.78 Å². The molecule has 12 nitrogen and oxygen atoms in total. The molecule has 0 spiro atoms. The van der Waals surface area contributed by atoms with E-state index < -0.39 is 29.3 Å². The minimum Gasteiger partial charge on any atom is -0.481 e. The number of carbonyl (C=O) groups excluding carboxylic acids is 3. The number of rotatable bonds is 10. The highest BCUT2D eigenvalue weighted by Crippen LogP contribution is 2.41. The zero-order valence-electron chi connectivity index (χ0n) is 23.1. The molecule has 218 valence electrons. The number of amides is 3. The number of hydrogen-bond acceptors (Lipinski definition) is 8. The van der Waals surface area contributed by atoms with E-state index in [4.69, 9.17) is 14.9 Å². The standard InChI is InChI=1S/C28H31N5O7.ClH/c1-5-33-20-10-8-17(13-21(20)32(4)26(37)28(2,3)27(33)38)40-22(24-31-19(15-39-24)25(35)36)11-9-18(23(29)34)16-7-6-12-30-14-16;/h6-8,10,12-15,18,22H,5,9,11H2,1-4H3,(H2,29,34)(H,35,36);1H. The fraction of sp³-hybridized carbons (Fsp3) is 0.357. The molecule has 0 bridgehead atoms. The monoisotopic (exact) mass is 585 g/mol. The number of halogens is 1. The Labute approximate surface area is 242 Å². The van der Waals surface area contributed by atoms with Crippen molar-refractivity contribution in [2.24, 2.45) is 11.1 Å². The number of nitrogens with zero attached hydrogens (tertiary/aromatic N) is 4. The zero-order valence-corrected chi connectivity index (χ0v) is 23.9. The molecule has 1 aliphatic rings. The number of anilines is 2. The lowest BCUT2D eigenvalue weighted by molar-refractivity contribution is -0.137. The number of ether oxygens (including phenoxy) is 1. The van der Waals surface area contributed by atoms with Gasteiger partial charge in [0.25, 0.3) is 0 Å². The van der Waals surface area contributed by atoms with Crippen molar-refractivity contribution in [1.29, 1.82) is 0 Å². The van der Waals surface area contributed by atoms with E-state index in [9.17, 15) is 24.3 Å². The van der Waals surface area contributed by atoms with Crippen LogP contribution in [0.3, 0.4) is 0 Å². The van der Waals surface area contributed by atoms with Gasteiger partial charge in [-0.1, -0.05) is 6.07 Å². The smallest absolute Gasteiger partial charge is 0.357 e. The van der Waals surface area contributed by atoms with Gasteiger partial charge in [0.05, 0.1) is 17.3 Å². The summed E-state index contributed by atoms with van der Waals surface area (Å²) in [6.07, 6.45) is 3.66. The van der Waals surface area contributed by atoms with Crippen LogP contribution < -0.4 is 20.3 Å². The number of aromatic nitrogens is 2. The van der Waals surface area contributed by atoms with Crippen LogP contribution in [0.25, 0.3) is 0 Å². The molecular formula is C28H32ClN5O7. The minimum absolute atomic E-state index is 0. The lowest BCUT2D eigenvalue weighted by Gasteiger charge is -2.27. The summed E-state index contributed by atoms with van der Waals surface area (Å²) in [5.41, 5.74) is 5.75. The van der Waals surface area contributed by atoms with Gasteiger partial charge in [0.2, 0.25) is 23.6 Å². The number of pyridine rings is 1. The molecule has 3 aromatic rings. The van der Waals surface area contributed by atoms with Gasteiger partial charge in [0.1, 0.15) is 17.4 Å². The molecule has 0 saturated carbocycles. The quantitative estimate of drug-likeness (QED) is 0.337. The number of nitrogens with two attached hydrogens (primary N) is 1. The van der Waals surface area contributed by atoms with E-state index in [0.29, 0.717) is 29.2 Å². The number of carbonyl (C=O) groups is 4. The Bertz CT molecular complexity index is 1440. The van der Waals surface area contributed by atoms with Crippen LogP contribution in [-0.2, 0) is 14.4 Å². The lowest BCUT2D eigenvalue weighted by Crippen LogP contribution is -2.47. The van der Waals surface area contributed by atoms with E-state index in [-0.39, 0.29) is 48.6 Å². The van der Waals surface area contributed by atoms with Crippen LogP contribution in [0.5, 0.6) is 5.75 Å². The van der Waals surface area contributed by atoms with Gasteiger partial charge < -0.3 is 29.8 Å². The molecule has 4 rings (SSSR count). The molecule has 3 heterocycles. The summed E-state index contributed by atoms with van der Waals surface area (Å²) in [6, 6.07) is 8.41. The Morgan fingerprint density at radius 2 is 1.88 bits per heavy atom. The molecule has 3 amide bonds. The molecule has 0 aliphatic carbocycles. The van der Waals surface area contributed by atoms with Crippen molar-refractivity contribution in [3.8, 4) is 5.75 Å². The van der Waals surface area contributed by atoms with Crippen LogP contribution in [0.4, 0.5) is 11.4 Å². The van der Waals surface area contributed by atoms with E-state index >= 15 is 0 Å². The SMILES string of the molecule is CCN1C(=O)C(C)(C)C(=O)N(C)c2cc(OC(CCC(C(N)=O)c3cccnc3)c3nc(C(=O)O)co3)ccc21.Cl. The highest BCUT2D eigenvalue weighted by molar-refractivity contribution is 6.20. The normalized spacial score (nSPS) is 15.8. The Morgan fingerprint density at radius 3 is 2.46 bits per heavy atom. The second kappa shape index (κ2) is 12.4. The molecule has 2 unspecified atom stereocenters. The first-order valence-corrected chi connectivity index (χ1v) is 12.7. The number of fused-ring (bicyclic) bond motifs is 1. The Hall–Kier alpha value is -4.45. The van der Waals surface area contributed by atoms with Gasteiger partial charge in [-0.05, 0) is 57.4 Å². The topological polar surface area (TPSA) is 169 Å². The first-order chi connectivity index (χ1) is 18.9. The summed E-state index contributed by atoms with van der Waals surface area (Å²) in [7, 11) is 1.59. The fourth-order valence-corrected chi connectivity index (χ4v) is 4.76. The van der Waals surface area contributed by atoms with Crippen molar-refractivity contribution in [2.45, 2.75) is 45.6 Å². The number of hydrogen-bond donors (Lipinski definition) is 2. The summed E-state index contributed by atoms with van der Waals surface area (Å²) >= 11 is 0. The van der Waals surface area contributed by atoms with Crippen molar-refractivity contribution in [3.05, 3.63) is 66.1 Å². The Kier molecular flexibility index (Phi) is 9.38. The summed E-state index contributed by atoms with van der Waals surface area (Å²) in [5.74, 6) is -2.88. The third-order valence-corrected chi connectivity index (χ3v) is 6.98. The van der Waals surface area contributed by atoms with Gasteiger partial charge in [0, 0.05) is 32.1 Å². The fourth-order valence-electron chi connectivity index (χ4n) is 4.76. The van der Waals surface area contributed by atoms with E-state index in [1.54, 1.807) is 68.5 Å². The third-order valence-electron chi connectivity index (χ3n) is 6.98. The summed E-state index contributed by atoms with van der Waals surface area (Å²) in [4.78, 5) is 61.2. The van der Waals surface area contributed by atoms with Crippen LogP contribution in [0, 0.1) is 5.41 Å². The third kappa shape index (κ3) is 6.17. The maximum absolute atomic E-state index is 13.2. The molecular weight excluding hydrogens is 554 g/mol. The number of benzene rings is 1. The maximum Gasteiger partial charge on any atom is 0.357 e. The van der Waals surface area contributed by atoms with E-state index in [1.165, 1.54) is 4.90 Å². The molecule has 2 atom stereocenters. The van der Waals surface area contributed by atoms with Crippen LogP contribution in [0.1, 0.15) is 67.6 Å². The average molecular weight is 586 g/mol. The van der Waals surface area contributed by atoms with Crippen molar-refractivity contribution in [3.63, 3.8) is 0 Å². The Balaban J connectivity index is 0.00000462. The number of oxazole rings is 1. The molecule has 0 radical (unpaired) electrons. The molecule has 2 aromatic heterocycles. The molecule has 13 heteroatoms. The van der Waals surface area contributed by atoms with Crippen LogP contribution in [0.15, 0.2) is 53.4 Å². The van der Waals surface area contributed by atoms with Crippen LogP contribution in [0.2, 0.25) is 0 Å². The second-order valence-corrected chi connectivity index (χ2v) is 9.99. The molecule has 1 aliphatic heterocycles. The van der Waals surface area contributed by atoms with Crippen molar-refractivity contribution in [1.82, 2.24) is 9.97 Å². The van der Waals surface area contributed by atoms with Gasteiger partial charge in [-0.3, -0.25) is 19.4 Å². The van der Waals surface area contributed by atoms with Crippen molar-refractivity contribution < 1.29 is 33.4 Å². The zero-order chi connectivity index (χ0) is 29.2. The van der Waals surface area contributed by atoms with E-state index in [1.807, 2.05) is 6.92 Å². The molecule has 41 heavy (non-hydrogen) atoms. The van der Waals surface area contributed by atoms with Gasteiger partial charge in [-0.2, -0.15) is 0 Å². The molecule has 0 saturated heterocycles. The number of carboxylic acids is 1.